The zero-order chi connectivity index (χ0) is 14.9. The van der Waals surface area contributed by atoms with Crippen LogP contribution in [0.4, 0.5) is 10.1 Å². The van der Waals surface area contributed by atoms with Crippen molar-refractivity contribution in [3.63, 3.8) is 0 Å². The number of anilines is 1. The third-order valence-electron chi connectivity index (χ3n) is 2.67. The molecule has 0 fully saturated rings. The summed E-state index contributed by atoms with van der Waals surface area (Å²) in [4.78, 5) is -0.225. The van der Waals surface area contributed by atoms with E-state index in [1.165, 1.54) is 6.07 Å². The van der Waals surface area contributed by atoms with Crippen LogP contribution in [0.25, 0.3) is 0 Å². The zero-order valence-electron chi connectivity index (χ0n) is 10.1. The van der Waals surface area contributed by atoms with E-state index in [1.807, 2.05) is 0 Å². The molecule has 0 bridgehead atoms. The van der Waals surface area contributed by atoms with Gasteiger partial charge in [-0.15, -0.1) is 0 Å². The first-order chi connectivity index (χ1) is 9.29. The summed E-state index contributed by atoms with van der Waals surface area (Å²) in [7, 11) is -3.77. The van der Waals surface area contributed by atoms with Gasteiger partial charge in [-0.2, -0.15) is 0 Å². The Bertz CT molecular complexity index is 765. The third-order valence-corrected chi connectivity index (χ3v) is 5.23. The smallest absolute Gasteiger partial charge is 0.184 e. The van der Waals surface area contributed by atoms with Crippen LogP contribution in [-0.2, 0) is 15.6 Å². The molecule has 2 aromatic carbocycles. The Labute approximate surface area is 129 Å². The molecule has 0 spiro atoms. The molecule has 0 radical (unpaired) electrons. The Hall–Kier alpha value is -1.11. The van der Waals surface area contributed by atoms with Gasteiger partial charge in [-0.25, -0.2) is 12.8 Å². The maximum Gasteiger partial charge on any atom is 0.184 e. The molecule has 0 atom stereocenters. The standard InChI is InChI=1S/C13H10BrClFNO2S/c14-9-2-1-8(11(15)5-9)7-20(18,19)13-6-10(16)3-4-12(13)17/h1-6H,7,17H2. The number of nitrogens with two attached hydrogens (primary N) is 1. The fraction of sp³-hybridized carbons (Fsp3) is 0.0769. The largest absolute Gasteiger partial charge is 0.398 e. The summed E-state index contributed by atoms with van der Waals surface area (Å²) < 4.78 is 38.5. The predicted molar refractivity (Wildman–Crippen MR) is 80.9 cm³/mol. The van der Waals surface area contributed by atoms with E-state index in [1.54, 1.807) is 18.2 Å². The minimum atomic E-state index is -3.77. The van der Waals surface area contributed by atoms with Crippen LogP contribution in [-0.4, -0.2) is 8.42 Å². The lowest BCUT2D eigenvalue weighted by Gasteiger charge is -2.09. The number of hydrogen-bond acceptors (Lipinski definition) is 3. The van der Waals surface area contributed by atoms with Crippen LogP contribution in [0.1, 0.15) is 5.56 Å². The van der Waals surface area contributed by atoms with E-state index >= 15 is 0 Å². The minimum absolute atomic E-state index is 0.0136. The summed E-state index contributed by atoms with van der Waals surface area (Å²) in [5.74, 6) is -0.994. The fourth-order valence-corrected chi connectivity index (χ4v) is 4.05. The predicted octanol–water partition coefficient (Wildman–Crippen LogP) is 3.80. The molecule has 0 aromatic heterocycles. The van der Waals surface area contributed by atoms with E-state index < -0.39 is 15.7 Å². The molecule has 3 nitrogen and oxygen atoms in total. The molecule has 0 saturated heterocycles. The molecule has 7 heteroatoms. The van der Waals surface area contributed by atoms with Crippen LogP contribution in [0.5, 0.6) is 0 Å². The van der Waals surface area contributed by atoms with Crippen molar-refractivity contribution in [1.82, 2.24) is 0 Å². The van der Waals surface area contributed by atoms with Crippen LogP contribution in [0, 0.1) is 5.82 Å². The Balaban J connectivity index is 2.43. The van der Waals surface area contributed by atoms with E-state index in [4.69, 9.17) is 17.3 Å². The summed E-state index contributed by atoms with van der Waals surface area (Å²) >= 11 is 9.23. The maximum atomic E-state index is 13.2. The van der Waals surface area contributed by atoms with Crippen LogP contribution in [0.15, 0.2) is 45.8 Å². The summed E-state index contributed by atoms with van der Waals surface area (Å²) in [6.07, 6.45) is 0. The van der Waals surface area contributed by atoms with Gasteiger partial charge in [0, 0.05) is 9.50 Å². The third kappa shape index (κ3) is 3.31. The van der Waals surface area contributed by atoms with Gasteiger partial charge in [0.1, 0.15) is 5.82 Å². The van der Waals surface area contributed by atoms with Gasteiger partial charge in [-0.05, 0) is 35.9 Å². The first-order valence-corrected chi connectivity index (χ1v) is 8.33. The quantitative estimate of drug-likeness (QED) is 0.827. The average molecular weight is 379 g/mol. The lowest BCUT2D eigenvalue weighted by molar-refractivity contribution is 0.590. The molecule has 0 unspecified atom stereocenters. The van der Waals surface area contributed by atoms with Gasteiger partial charge in [-0.3, -0.25) is 0 Å². The van der Waals surface area contributed by atoms with E-state index in [-0.39, 0.29) is 16.3 Å². The highest BCUT2D eigenvalue weighted by molar-refractivity contribution is 9.10. The Kier molecular flexibility index (Phi) is 4.36. The second kappa shape index (κ2) is 5.71. The Morgan fingerprint density at radius 2 is 1.90 bits per heavy atom. The summed E-state index contributed by atoms with van der Waals surface area (Å²) in [5.41, 5.74) is 6.05. The van der Waals surface area contributed by atoms with Crippen LogP contribution >= 0.6 is 27.5 Å². The average Bonchev–Trinajstić information content (AvgIpc) is 2.35. The topological polar surface area (TPSA) is 60.2 Å². The Morgan fingerprint density at radius 1 is 1.20 bits per heavy atom. The van der Waals surface area contributed by atoms with E-state index in [0.717, 1.165) is 16.6 Å². The second-order valence-electron chi connectivity index (χ2n) is 4.18. The van der Waals surface area contributed by atoms with E-state index in [9.17, 15) is 12.8 Å². The molecule has 0 saturated carbocycles. The highest BCUT2D eigenvalue weighted by Crippen LogP contribution is 2.28. The summed E-state index contributed by atoms with van der Waals surface area (Å²) in [5, 5.41) is 0.318. The van der Waals surface area contributed by atoms with Gasteiger partial charge in [0.05, 0.1) is 16.3 Å². The minimum Gasteiger partial charge on any atom is -0.398 e. The van der Waals surface area contributed by atoms with Crippen molar-refractivity contribution >= 4 is 43.1 Å². The highest BCUT2D eigenvalue weighted by Gasteiger charge is 2.20. The molecule has 106 valence electrons. The molecule has 0 heterocycles. The lowest BCUT2D eigenvalue weighted by atomic mass is 10.2. The van der Waals surface area contributed by atoms with Gasteiger partial charge in [-0.1, -0.05) is 33.6 Å². The first kappa shape index (κ1) is 15.3. The summed E-state index contributed by atoms with van der Waals surface area (Å²) in [6, 6.07) is 8.14. The number of halogens is 3. The Morgan fingerprint density at radius 3 is 2.55 bits per heavy atom. The maximum absolute atomic E-state index is 13.2. The number of nitrogen functional groups attached to an aromatic ring is 1. The van der Waals surface area contributed by atoms with Gasteiger partial charge < -0.3 is 5.73 Å². The molecule has 2 rings (SSSR count). The number of sulfone groups is 1. The lowest BCUT2D eigenvalue weighted by Crippen LogP contribution is -2.08. The van der Waals surface area contributed by atoms with E-state index in [0.29, 0.717) is 10.6 Å². The van der Waals surface area contributed by atoms with Crippen molar-refractivity contribution in [2.45, 2.75) is 10.6 Å². The number of benzene rings is 2. The van der Waals surface area contributed by atoms with Crippen molar-refractivity contribution in [2.24, 2.45) is 0 Å². The van der Waals surface area contributed by atoms with Gasteiger partial charge in [0.25, 0.3) is 0 Å². The molecule has 20 heavy (non-hydrogen) atoms. The van der Waals surface area contributed by atoms with Crippen molar-refractivity contribution in [3.05, 3.63) is 57.3 Å². The van der Waals surface area contributed by atoms with Crippen LogP contribution in [0.3, 0.4) is 0 Å². The van der Waals surface area contributed by atoms with Crippen molar-refractivity contribution in [3.8, 4) is 0 Å². The monoisotopic (exact) mass is 377 g/mol. The van der Waals surface area contributed by atoms with Crippen LogP contribution in [0.2, 0.25) is 5.02 Å². The second-order valence-corrected chi connectivity index (χ2v) is 7.46. The molecular formula is C13H10BrClFNO2S. The SMILES string of the molecule is Nc1ccc(F)cc1S(=O)(=O)Cc1ccc(Br)cc1Cl. The molecule has 0 aliphatic heterocycles. The molecule has 0 aliphatic carbocycles. The number of hydrogen-bond donors (Lipinski definition) is 1. The molecule has 0 aliphatic rings. The summed E-state index contributed by atoms with van der Waals surface area (Å²) in [6.45, 7) is 0. The van der Waals surface area contributed by atoms with Gasteiger partial charge in [0.15, 0.2) is 9.84 Å². The van der Waals surface area contributed by atoms with Crippen molar-refractivity contribution < 1.29 is 12.8 Å². The highest BCUT2D eigenvalue weighted by atomic mass is 79.9. The number of rotatable bonds is 3. The van der Waals surface area contributed by atoms with Crippen LogP contribution < -0.4 is 5.73 Å². The van der Waals surface area contributed by atoms with Crippen molar-refractivity contribution in [1.29, 1.82) is 0 Å². The van der Waals surface area contributed by atoms with Gasteiger partial charge >= 0.3 is 0 Å². The molecule has 2 aromatic rings. The van der Waals surface area contributed by atoms with Crippen molar-refractivity contribution in [2.75, 3.05) is 5.73 Å². The van der Waals surface area contributed by atoms with E-state index in [2.05, 4.69) is 15.9 Å². The first-order valence-electron chi connectivity index (χ1n) is 5.51. The molecular weight excluding hydrogens is 369 g/mol. The normalized spacial score (nSPS) is 11.6. The zero-order valence-corrected chi connectivity index (χ0v) is 13.3. The molecule has 0 amide bonds. The van der Waals surface area contributed by atoms with Gasteiger partial charge in [0.2, 0.25) is 0 Å². The fourth-order valence-electron chi connectivity index (χ4n) is 1.70. The molecule has 2 N–H and O–H groups in total.